The average Bonchev–Trinajstić information content (AvgIpc) is 2.50. The molecular weight excluding hydrogens is 272 g/mol. The first-order chi connectivity index (χ1) is 10.4. The molecule has 0 heterocycles. The van der Waals surface area contributed by atoms with Gasteiger partial charge in [0.05, 0.1) is 0 Å². The third-order valence-corrected chi connectivity index (χ3v) is 5.15. The van der Waals surface area contributed by atoms with Gasteiger partial charge in [0.1, 0.15) is 0 Å². The zero-order valence-corrected chi connectivity index (χ0v) is 15.7. The predicted octanol–water partition coefficient (Wildman–Crippen LogP) is 7.82. The Morgan fingerprint density at radius 3 is 1.19 bits per heavy atom. The van der Waals surface area contributed by atoms with Gasteiger partial charge in [-0.1, -0.05) is 103 Å². The van der Waals surface area contributed by atoms with Gasteiger partial charge in [-0.2, -0.15) is 11.8 Å². The summed E-state index contributed by atoms with van der Waals surface area (Å²) in [5.74, 6) is 2.36. The molecule has 0 aromatic carbocycles. The quantitative estimate of drug-likeness (QED) is 0.232. The Bertz CT molecular complexity index is 149. The van der Waals surface area contributed by atoms with Crippen LogP contribution in [0.15, 0.2) is 0 Å². The lowest BCUT2D eigenvalue weighted by atomic mass is 10.0. The molecule has 0 aliphatic carbocycles. The number of hydrogen-bond acceptors (Lipinski definition) is 1. The molecule has 1 radical (unpaired) electrons. The molecule has 0 N–H and O–H groups in total. The predicted molar refractivity (Wildman–Crippen MR) is 102 cm³/mol. The molecule has 127 valence electrons. The van der Waals surface area contributed by atoms with Crippen molar-refractivity contribution >= 4 is 11.8 Å². The molecule has 0 atom stereocenters. The van der Waals surface area contributed by atoms with E-state index in [4.69, 9.17) is 0 Å². The molecule has 0 saturated carbocycles. The van der Waals surface area contributed by atoms with Crippen LogP contribution < -0.4 is 0 Å². The van der Waals surface area contributed by atoms with Gasteiger partial charge >= 0.3 is 0 Å². The van der Waals surface area contributed by atoms with Gasteiger partial charge in [-0.15, -0.1) is 0 Å². The van der Waals surface area contributed by atoms with Crippen LogP contribution in [-0.2, 0) is 0 Å². The fourth-order valence-corrected chi connectivity index (χ4v) is 3.47. The lowest BCUT2D eigenvalue weighted by molar-refractivity contribution is 0.532. The van der Waals surface area contributed by atoms with Crippen LogP contribution in [0.4, 0.5) is 0 Å². The number of rotatable bonds is 18. The van der Waals surface area contributed by atoms with E-state index in [-0.39, 0.29) is 0 Å². The van der Waals surface area contributed by atoms with E-state index in [0.717, 1.165) is 5.75 Å². The van der Waals surface area contributed by atoms with Gasteiger partial charge in [-0.3, -0.25) is 0 Å². The summed E-state index contributed by atoms with van der Waals surface area (Å²) < 4.78 is 0. The van der Waals surface area contributed by atoms with E-state index in [2.05, 4.69) is 13.8 Å². The maximum Gasteiger partial charge on any atom is -0.00672 e. The first-order valence-corrected chi connectivity index (χ1v) is 10.9. The van der Waals surface area contributed by atoms with Crippen LogP contribution in [0.1, 0.15) is 110 Å². The number of thioether (sulfide) groups is 1. The van der Waals surface area contributed by atoms with E-state index < -0.39 is 0 Å². The monoisotopic (exact) mass is 313 g/mol. The van der Waals surface area contributed by atoms with Crippen molar-refractivity contribution in [3.63, 3.8) is 0 Å². The molecule has 0 aromatic heterocycles. The van der Waals surface area contributed by atoms with Crippen LogP contribution >= 0.6 is 11.8 Å². The summed E-state index contributed by atoms with van der Waals surface area (Å²) in [7, 11) is 0. The molecule has 0 fully saturated rings. The Balaban J connectivity index is 2.90. The topological polar surface area (TPSA) is 0 Å². The minimum Gasteiger partial charge on any atom is -0.162 e. The lowest BCUT2D eigenvalue weighted by Crippen LogP contribution is -1.84. The van der Waals surface area contributed by atoms with Gasteiger partial charge in [0.2, 0.25) is 0 Å². The van der Waals surface area contributed by atoms with Gasteiger partial charge in [0.15, 0.2) is 0 Å². The van der Waals surface area contributed by atoms with Crippen LogP contribution in [0.5, 0.6) is 0 Å². The molecule has 0 aliphatic rings. The van der Waals surface area contributed by atoms with Crippen molar-refractivity contribution in [2.75, 3.05) is 11.5 Å². The fourth-order valence-electron chi connectivity index (χ4n) is 2.85. The Labute approximate surface area is 140 Å². The molecule has 0 unspecified atom stereocenters. The van der Waals surface area contributed by atoms with E-state index in [9.17, 15) is 0 Å². The van der Waals surface area contributed by atoms with Crippen molar-refractivity contribution in [2.45, 2.75) is 110 Å². The molecule has 0 rings (SSSR count). The molecule has 0 bridgehead atoms. The third-order valence-electron chi connectivity index (χ3n) is 4.29. The Morgan fingerprint density at radius 1 is 0.524 bits per heavy atom. The van der Waals surface area contributed by atoms with Crippen LogP contribution in [0.25, 0.3) is 0 Å². The van der Waals surface area contributed by atoms with Gasteiger partial charge in [0, 0.05) is 0 Å². The zero-order chi connectivity index (χ0) is 15.4. The standard InChI is InChI=1S/C20H41S/c1-3-5-6-7-8-9-10-11-12-13-14-15-16-17-18-19-20-21-4-2/h2-20H2,1H3. The molecular formula is C20H41S. The van der Waals surface area contributed by atoms with Gasteiger partial charge in [0.25, 0.3) is 0 Å². The molecule has 0 spiro atoms. The minimum atomic E-state index is 1.04. The summed E-state index contributed by atoms with van der Waals surface area (Å²) in [6.45, 7) is 6.15. The molecule has 0 saturated heterocycles. The second kappa shape index (κ2) is 20.3. The summed E-state index contributed by atoms with van der Waals surface area (Å²) in [4.78, 5) is 0. The third kappa shape index (κ3) is 20.4. The summed E-state index contributed by atoms with van der Waals surface area (Å²) in [5, 5.41) is 0. The Kier molecular flexibility index (Phi) is 20.7. The van der Waals surface area contributed by atoms with E-state index in [0.29, 0.717) is 0 Å². The highest BCUT2D eigenvalue weighted by Crippen LogP contribution is 2.14. The maximum atomic E-state index is 3.86. The summed E-state index contributed by atoms with van der Waals surface area (Å²) in [6.07, 6.45) is 23.3. The van der Waals surface area contributed by atoms with Gasteiger partial charge < -0.3 is 0 Å². The van der Waals surface area contributed by atoms with Gasteiger partial charge in [-0.05, 0) is 24.9 Å². The molecule has 1 heteroatoms. The highest BCUT2D eigenvalue weighted by Gasteiger charge is 1.94. The number of hydrogen-bond donors (Lipinski definition) is 0. The summed E-state index contributed by atoms with van der Waals surface area (Å²) in [5.41, 5.74) is 0. The SMILES string of the molecule is [CH2]CSCCCCCCCCCCCCCCCCCC. The second-order valence-electron chi connectivity index (χ2n) is 6.42. The van der Waals surface area contributed by atoms with Crippen LogP contribution in [0.3, 0.4) is 0 Å². The zero-order valence-electron chi connectivity index (χ0n) is 14.8. The lowest BCUT2D eigenvalue weighted by Gasteiger charge is -2.03. The van der Waals surface area contributed by atoms with Crippen LogP contribution in [0, 0.1) is 6.92 Å². The maximum absolute atomic E-state index is 3.86. The summed E-state index contributed by atoms with van der Waals surface area (Å²) >= 11 is 1.98. The minimum absolute atomic E-state index is 1.04. The average molecular weight is 314 g/mol. The largest absolute Gasteiger partial charge is 0.162 e. The van der Waals surface area contributed by atoms with Gasteiger partial charge in [-0.25, -0.2) is 0 Å². The molecule has 0 aromatic rings. The van der Waals surface area contributed by atoms with E-state index in [1.165, 1.54) is 108 Å². The smallest absolute Gasteiger partial charge is 0.00672 e. The van der Waals surface area contributed by atoms with Crippen molar-refractivity contribution in [1.82, 2.24) is 0 Å². The summed E-state index contributed by atoms with van der Waals surface area (Å²) in [6, 6.07) is 0. The fraction of sp³-hybridized carbons (Fsp3) is 0.950. The molecule has 0 nitrogen and oxygen atoms in total. The normalized spacial score (nSPS) is 11.1. The first-order valence-electron chi connectivity index (χ1n) is 9.78. The molecule has 0 amide bonds. The highest BCUT2D eigenvalue weighted by molar-refractivity contribution is 7.99. The second-order valence-corrected chi connectivity index (χ2v) is 7.64. The van der Waals surface area contributed by atoms with Crippen molar-refractivity contribution < 1.29 is 0 Å². The van der Waals surface area contributed by atoms with Crippen LogP contribution in [-0.4, -0.2) is 11.5 Å². The number of unbranched alkanes of at least 4 members (excludes halogenated alkanes) is 15. The Morgan fingerprint density at radius 2 is 0.857 bits per heavy atom. The van der Waals surface area contributed by atoms with Crippen molar-refractivity contribution in [2.24, 2.45) is 0 Å². The van der Waals surface area contributed by atoms with E-state index >= 15 is 0 Å². The highest BCUT2D eigenvalue weighted by atomic mass is 32.2. The molecule has 21 heavy (non-hydrogen) atoms. The van der Waals surface area contributed by atoms with Crippen molar-refractivity contribution in [1.29, 1.82) is 0 Å². The van der Waals surface area contributed by atoms with Crippen molar-refractivity contribution in [3.8, 4) is 0 Å². The van der Waals surface area contributed by atoms with E-state index in [1.54, 1.807) is 0 Å². The van der Waals surface area contributed by atoms with Crippen molar-refractivity contribution in [3.05, 3.63) is 6.92 Å². The first kappa shape index (κ1) is 21.4. The molecule has 0 aliphatic heterocycles. The van der Waals surface area contributed by atoms with E-state index in [1.807, 2.05) is 11.8 Å². The Hall–Kier alpha value is 0.350. The van der Waals surface area contributed by atoms with Crippen LogP contribution in [0.2, 0.25) is 0 Å².